The van der Waals surface area contributed by atoms with Gasteiger partial charge in [0.1, 0.15) is 11.6 Å². The van der Waals surface area contributed by atoms with Gasteiger partial charge in [0.2, 0.25) is 0 Å². The van der Waals surface area contributed by atoms with Crippen molar-refractivity contribution in [3.63, 3.8) is 0 Å². The van der Waals surface area contributed by atoms with Crippen molar-refractivity contribution in [3.05, 3.63) is 58.1 Å². The van der Waals surface area contributed by atoms with Crippen molar-refractivity contribution in [3.8, 4) is 11.4 Å². The standard InChI is InChI=1S/C19H18FN3O2S/c1-12-10-14(20)11-16-17(12)21-18(22-19(16)24)13-2-4-15(5-3-13)23-6-8-26(25)9-7-23/h2-5,10-11H,6-9H2,1H3,(H,21,22,24). The van der Waals surface area contributed by atoms with Crippen molar-refractivity contribution in [2.24, 2.45) is 0 Å². The number of hydrogen-bond donors (Lipinski definition) is 1. The lowest BCUT2D eigenvalue weighted by molar-refractivity contribution is 0.628. The van der Waals surface area contributed by atoms with E-state index in [1.54, 1.807) is 6.92 Å². The number of nitrogens with one attached hydrogen (secondary N) is 1. The number of halogens is 1. The highest BCUT2D eigenvalue weighted by Gasteiger charge is 2.16. The van der Waals surface area contributed by atoms with E-state index in [1.807, 2.05) is 24.3 Å². The SMILES string of the molecule is Cc1cc(F)cc2c(=O)[nH]c(-c3ccc(N4CCS(=O)CC4)cc3)nc12. The average molecular weight is 371 g/mol. The van der Waals surface area contributed by atoms with Gasteiger partial charge in [-0.15, -0.1) is 0 Å². The van der Waals surface area contributed by atoms with Gasteiger partial charge in [0.15, 0.2) is 0 Å². The molecule has 0 atom stereocenters. The molecule has 7 heteroatoms. The van der Waals surface area contributed by atoms with E-state index in [0.717, 1.165) is 24.3 Å². The monoisotopic (exact) mass is 371 g/mol. The largest absolute Gasteiger partial charge is 0.370 e. The summed E-state index contributed by atoms with van der Waals surface area (Å²) in [5.74, 6) is 1.40. The number of rotatable bonds is 2. The zero-order chi connectivity index (χ0) is 18.3. The first kappa shape index (κ1) is 16.9. The summed E-state index contributed by atoms with van der Waals surface area (Å²) in [6, 6.07) is 10.4. The summed E-state index contributed by atoms with van der Waals surface area (Å²) in [6.45, 7) is 3.30. The third-order valence-corrected chi connectivity index (χ3v) is 5.92. The van der Waals surface area contributed by atoms with E-state index < -0.39 is 16.6 Å². The Morgan fingerprint density at radius 1 is 1.15 bits per heavy atom. The number of fused-ring (bicyclic) bond motifs is 1. The van der Waals surface area contributed by atoms with E-state index in [4.69, 9.17) is 0 Å². The van der Waals surface area contributed by atoms with E-state index >= 15 is 0 Å². The Balaban J connectivity index is 1.69. The molecule has 0 saturated carbocycles. The lowest BCUT2D eigenvalue weighted by Crippen LogP contribution is -2.37. The van der Waals surface area contributed by atoms with Crippen LogP contribution >= 0.6 is 0 Å². The molecule has 0 radical (unpaired) electrons. The zero-order valence-corrected chi connectivity index (χ0v) is 15.1. The van der Waals surface area contributed by atoms with Gasteiger partial charge in [-0.05, 0) is 48.9 Å². The van der Waals surface area contributed by atoms with Crippen molar-refractivity contribution in [1.29, 1.82) is 0 Å². The van der Waals surface area contributed by atoms with Crippen molar-refractivity contribution in [1.82, 2.24) is 9.97 Å². The molecule has 134 valence electrons. The van der Waals surface area contributed by atoms with Gasteiger partial charge >= 0.3 is 0 Å². The molecule has 0 aliphatic carbocycles. The number of benzene rings is 2. The van der Waals surface area contributed by atoms with Crippen LogP contribution in [0, 0.1) is 12.7 Å². The van der Waals surface area contributed by atoms with Crippen LogP contribution in [0.3, 0.4) is 0 Å². The topological polar surface area (TPSA) is 66.1 Å². The van der Waals surface area contributed by atoms with E-state index in [-0.39, 0.29) is 10.9 Å². The number of aromatic amines is 1. The molecule has 1 aromatic heterocycles. The molecule has 26 heavy (non-hydrogen) atoms. The van der Waals surface area contributed by atoms with Gasteiger partial charge in [0.05, 0.1) is 10.9 Å². The molecule has 0 bridgehead atoms. The number of H-pyrrole nitrogens is 1. The normalized spacial score (nSPS) is 15.5. The minimum Gasteiger partial charge on any atom is -0.370 e. The van der Waals surface area contributed by atoms with Crippen LogP contribution in [0.5, 0.6) is 0 Å². The molecule has 3 aromatic rings. The van der Waals surface area contributed by atoms with E-state index in [0.29, 0.717) is 28.4 Å². The Kier molecular flexibility index (Phi) is 4.32. The predicted octanol–water partition coefficient (Wildman–Crippen LogP) is 2.61. The Bertz CT molecular complexity index is 1050. The summed E-state index contributed by atoms with van der Waals surface area (Å²) in [4.78, 5) is 21.8. The molecular formula is C19H18FN3O2S. The van der Waals surface area contributed by atoms with Crippen molar-refractivity contribution < 1.29 is 8.60 Å². The summed E-state index contributed by atoms with van der Waals surface area (Å²) < 4.78 is 25.0. The van der Waals surface area contributed by atoms with Gasteiger partial charge < -0.3 is 9.88 Å². The average Bonchev–Trinajstić information content (AvgIpc) is 2.63. The van der Waals surface area contributed by atoms with Crippen molar-refractivity contribution >= 4 is 27.4 Å². The molecule has 1 fully saturated rings. The lowest BCUT2D eigenvalue weighted by Gasteiger charge is -2.28. The highest BCUT2D eigenvalue weighted by molar-refractivity contribution is 7.85. The summed E-state index contributed by atoms with van der Waals surface area (Å²) in [5.41, 5.74) is 2.64. The van der Waals surface area contributed by atoms with Gasteiger partial charge in [-0.2, -0.15) is 0 Å². The lowest BCUT2D eigenvalue weighted by atomic mass is 10.1. The molecule has 0 amide bonds. The molecule has 2 heterocycles. The van der Waals surface area contributed by atoms with Crippen molar-refractivity contribution in [2.45, 2.75) is 6.92 Å². The zero-order valence-electron chi connectivity index (χ0n) is 14.3. The fraction of sp³-hybridized carbons (Fsp3) is 0.263. The Hall–Kier alpha value is -2.54. The first-order chi connectivity index (χ1) is 12.5. The maximum absolute atomic E-state index is 13.5. The summed E-state index contributed by atoms with van der Waals surface area (Å²) in [7, 11) is -0.707. The van der Waals surface area contributed by atoms with Crippen LogP contribution in [0.1, 0.15) is 5.56 Å². The van der Waals surface area contributed by atoms with E-state index in [1.165, 1.54) is 12.1 Å². The van der Waals surface area contributed by atoms with Crippen LogP contribution in [-0.4, -0.2) is 38.8 Å². The highest BCUT2D eigenvalue weighted by atomic mass is 32.2. The third kappa shape index (κ3) is 3.14. The van der Waals surface area contributed by atoms with Gasteiger partial charge in [0.25, 0.3) is 5.56 Å². The number of nitrogens with zero attached hydrogens (tertiary/aromatic N) is 2. The van der Waals surface area contributed by atoms with Crippen LogP contribution in [0.15, 0.2) is 41.2 Å². The molecule has 1 aliphatic heterocycles. The molecule has 1 aliphatic rings. The predicted molar refractivity (Wildman–Crippen MR) is 103 cm³/mol. The van der Waals surface area contributed by atoms with Crippen LogP contribution in [-0.2, 0) is 10.8 Å². The number of aryl methyl sites for hydroxylation is 1. The second-order valence-electron chi connectivity index (χ2n) is 6.42. The summed E-state index contributed by atoms with van der Waals surface area (Å²) in [5, 5.41) is 0.254. The fourth-order valence-corrected chi connectivity index (χ4v) is 4.29. The van der Waals surface area contributed by atoms with Crippen LogP contribution in [0.25, 0.3) is 22.3 Å². The molecule has 0 spiro atoms. The fourth-order valence-electron chi connectivity index (χ4n) is 3.23. The van der Waals surface area contributed by atoms with Gasteiger partial charge in [-0.1, -0.05) is 0 Å². The molecule has 2 aromatic carbocycles. The Labute approximate surface area is 152 Å². The number of anilines is 1. The molecule has 4 rings (SSSR count). The van der Waals surface area contributed by atoms with Crippen LogP contribution < -0.4 is 10.5 Å². The third-order valence-electron chi connectivity index (χ3n) is 4.65. The van der Waals surface area contributed by atoms with Crippen molar-refractivity contribution in [2.75, 3.05) is 29.5 Å². The number of hydrogen-bond acceptors (Lipinski definition) is 4. The van der Waals surface area contributed by atoms with Crippen LogP contribution in [0.2, 0.25) is 0 Å². The molecule has 1 N–H and O–H groups in total. The first-order valence-corrected chi connectivity index (χ1v) is 9.90. The Morgan fingerprint density at radius 3 is 2.54 bits per heavy atom. The first-order valence-electron chi connectivity index (χ1n) is 8.42. The molecular weight excluding hydrogens is 353 g/mol. The van der Waals surface area contributed by atoms with E-state index in [2.05, 4.69) is 14.9 Å². The van der Waals surface area contributed by atoms with Gasteiger partial charge in [-0.3, -0.25) is 9.00 Å². The number of aromatic nitrogens is 2. The molecule has 1 saturated heterocycles. The maximum atomic E-state index is 13.5. The minimum absolute atomic E-state index is 0.254. The molecule has 0 unspecified atom stereocenters. The summed E-state index contributed by atoms with van der Waals surface area (Å²) in [6.07, 6.45) is 0. The smallest absolute Gasteiger partial charge is 0.259 e. The minimum atomic E-state index is -0.707. The highest BCUT2D eigenvalue weighted by Crippen LogP contribution is 2.23. The van der Waals surface area contributed by atoms with Gasteiger partial charge in [0, 0.05) is 46.6 Å². The Morgan fingerprint density at radius 2 is 1.85 bits per heavy atom. The van der Waals surface area contributed by atoms with E-state index in [9.17, 15) is 13.4 Å². The molecule has 5 nitrogen and oxygen atoms in total. The maximum Gasteiger partial charge on any atom is 0.259 e. The van der Waals surface area contributed by atoms with Gasteiger partial charge in [-0.25, -0.2) is 9.37 Å². The second-order valence-corrected chi connectivity index (χ2v) is 8.11. The second kappa shape index (κ2) is 6.64. The summed E-state index contributed by atoms with van der Waals surface area (Å²) >= 11 is 0. The quantitative estimate of drug-likeness (QED) is 0.752. The van der Waals surface area contributed by atoms with Crippen LogP contribution in [0.4, 0.5) is 10.1 Å².